The first-order valence-electron chi connectivity index (χ1n) is 7.07. The molecule has 0 aliphatic carbocycles. The van der Waals surface area contributed by atoms with E-state index in [1.54, 1.807) is 0 Å². The molecule has 0 unspecified atom stereocenters. The van der Waals surface area contributed by atoms with Crippen molar-refractivity contribution in [2.75, 3.05) is 11.4 Å². The Morgan fingerprint density at radius 2 is 1.95 bits per heavy atom. The number of nitrogens with zero attached hydrogens (tertiary/aromatic N) is 1. The third kappa shape index (κ3) is 2.68. The number of anilines is 2. The lowest BCUT2D eigenvalue weighted by molar-refractivity contribution is 0.765. The zero-order chi connectivity index (χ0) is 15.0. The van der Waals surface area contributed by atoms with Gasteiger partial charge in [-0.25, -0.2) is 0 Å². The van der Waals surface area contributed by atoms with Crippen molar-refractivity contribution in [3.63, 3.8) is 0 Å². The van der Waals surface area contributed by atoms with Gasteiger partial charge in [0, 0.05) is 22.3 Å². The molecule has 0 saturated carbocycles. The van der Waals surface area contributed by atoms with Crippen LogP contribution < -0.4 is 10.6 Å². The van der Waals surface area contributed by atoms with Gasteiger partial charge in [0.05, 0.1) is 5.69 Å². The minimum Gasteiger partial charge on any atom is -0.384 e. The van der Waals surface area contributed by atoms with Crippen molar-refractivity contribution < 1.29 is 0 Å². The molecule has 1 aliphatic heterocycles. The molecule has 3 N–H and O–H groups in total. The standard InChI is InChI=1S/C17H18BrN3/c1-11-4-6-15-12(9-11)3-2-8-21(15)16-7-5-13(18)10-14(16)17(19)20/h4-7,9-10H,2-3,8H2,1H3,(H3,19,20). The van der Waals surface area contributed by atoms with Crippen LogP contribution in [0.25, 0.3) is 0 Å². The minimum absolute atomic E-state index is 0.102. The minimum atomic E-state index is 0.102. The normalized spacial score (nSPS) is 13.9. The van der Waals surface area contributed by atoms with Crippen molar-refractivity contribution in [3.8, 4) is 0 Å². The topological polar surface area (TPSA) is 53.1 Å². The Morgan fingerprint density at radius 3 is 2.71 bits per heavy atom. The Bertz CT molecular complexity index is 709. The fourth-order valence-electron chi connectivity index (χ4n) is 2.94. The molecule has 0 aromatic heterocycles. The van der Waals surface area contributed by atoms with Crippen LogP contribution >= 0.6 is 15.9 Å². The molecule has 1 aliphatic rings. The number of hydrogen-bond acceptors (Lipinski definition) is 2. The molecule has 2 aromatic carbocycles. The summed E-state index contributed by atoms with van der Waals surface area (Å²) in [5.74, 6) is 0.102. The highest BCUT2D eigenvalue weighted by molar-refractivity contribution is 9.10. The van der Waals surface area contributed by atoms with E-state index >= 15 is 0 Å². The predicted molar refractivity (Wildman–Crippen MR) is 91.7 cm³/mol. The van der Waals surface area contributed by atoms with E-state index in [1.807, 2.05) is 18.2 Å². The molecule has 3 nitrogen and oxygen atoms in total. The quantitative estimate of drug-likeness (QED) is 0.636. The molecule has 0 spiro atoms. The summed E-state index contributed by atoms with van der Waals surface area (Å²) in [5.41, 5.74) is 11.5. The zero-order valence-corrected chi connectivity index (χ0v) is 13.6. The first kappa shape index (κ1) is 14.1. The van der Waals surface area contributed by atoms with Crippen molar-refractivity contribution in [2.24, 2.45) is 5.73 Å². The van der Waals surface area contributed by atoms with Gasteiger partial charge in [0.2, 0.25) is 0 Å². The summed E-state index contributed by atoms with van der Waals surface area (Å²) in [4.78, 5) is 2.28. The van der Waals surface area contributed by atoms with Gasteiger partial charge in [0.15, 0.2) is 0 Å². The van der Waals surface area contributed by atoms with E-state index in [0.29, 0.717) is 0 Å². The Kier molecular flexibility index (Phi) is 3.72. The van der Waals surface area contributed by atoms with Crippen LogP contribution in [0.3, 0.4) is 0 Å². The second-order valence-corrected chi connectivity index (χ2v) is 6.38. The lowest BCUT2D eigenvalue weighted by Gasteiger charge is -2.33. The smallest absolute Gasteiger partial charge is 0.124 e. The highest BCUT2D eigenvalue weighted by Gasteiger charge is 2.21. The van der Waals surface area contributed by atoms with Gasteiger partial charge in [0.25, 0.3) is 0 Å². The Labute approximate surface area is 133 Å². The van der Waals surface area contributed by atoms with Crippen molar-refractivity contribution in [1.82, 2.24) is 0 Å². The van der Waals surface area contributed by atoms with E-state index in [4.69, 9.17) is 11.1 Å². The molecule has 0 radical (unpaired) electrons. The monoisotopic (exact) mass is 343 g/mol. The van der Waals surface area contributed by atoms with Crippen LogP contribution in [-0.2, 0) is 6.42 Å². The van der Waals surface area contributed by atoms with Gasteiger partial charge in [-0.05, 0) is 49.6 Å². The number of hydrogen-bond donors (Lipinski definition) is 2. The number of aryl methyl sites for hydroxylation is 2. The van der Waals surface area contributed by atoms with Crippen LogP contribution in [-0.4, -0.2) is 12.4 Å². The average Bonchev–Trinajstić information content (AvgIpc) is 2.46. The van der Waals surface area contributed by atoms with Gasteiger partial charge in [0.1, 0.15) is 5.84 Å². The average molecular weight is 344 g/mol. The third-order valence-corrected chi connectivity index (χ3v) is 4.39. The molecular formula is C17H18BrN3. The molecule has 4 heteroatoms. The number of fused-ring (bicyclic) bond motifs is 1. The number of nitrogen functional groups attached to an aromatic ring is 1. The largest absolute Gasteiger partial charge is 0.384 e. The molecule has 3 rings (SSSR count). The van der Waals surface area contributed by atoms with E-state index in [-0.39, 0.29) is 5.84 Å². The van der Waals surface area contributed by atoms with Crippen molar-refractivity contribution in [3.05, 3.63) is 57.6 Å². The Balaban J connectivity index is 2.13. The fourth-order valence-corrected chi connectivity index (χ4v) is 3.30. The Morgan fingerprint density at radius 1 is 1.19 bits per heavy atom. The second-order valence-electron chi connectivity index (χ2n) is 5.46. The van der Waals surface area contributed by atoms with Gasteiger partial charge in [-0.2, -0.15) is 0 Å². The van der Waals surface area contributed by atoms with Gasteiger partial charge < -0.3 is 10.6 Å². The summed E-state index contributed by atoms with van der Waals surface area (Å²) in [5, 5.41) is 7.84. The van der Waals surface area contributed by atoms with E-state index in [9.17, 15) is 0 Å². The van der Waals surface area contributed by atoms with Gasteiger partial charge in [-0.3, -0.25) is 5.41 Å². The van der Waals surface area contributed by atoms with E-state index in [2.05, 4.69) is 46.0 Å². The molecule has 108 valence electrons. The van der Waals surface area contributed by atoms with E-state index in [1.165, 1.54) is 16.8 Å². The van der Waals surface area contributed by atoms with Crippen LogP contribution in [0.15, 0.2) is 40.9 Å². The summed E-state index contributed by atoms with van der Waals surface area (Å²) in [6.07, 6.45) is 2.23. The number of rotatable bonds is 2. The summed E-state index contributed by atoms with van der Waals surface area (Å²) in [6.45, 7) is 3.08. The number of amidine groups is 1. The molecule has 0 saturated heterocycles. The summed E-state index contributed by atoms with van der Waals surface area (Å²) in [7, 11) is 0. The zero-order valence-electron chi connectivity index (χ0n) is 12.0. The number of benzene rings is 2. The summed E-state index contributed by atoms with van der Waals surface area (Å²) < 4.78 is 0.942. The molecule has 2 aromatic rings. The third-order valence-electron chi connectivity index (χ3n) is 3.89. The van der Waals surface area contributed by atoms with Gasteiger partial charge in [-0.1, -0.05) is 33.6 Å². The van der Waals surface area contributed by atoms with Crippen molar-refractivity contribution in [2.45, 2.75) is 19.8 Å². The summed E-state index contributed by atoms with van der Waals surface area (Å²) in [6, 6.07) is 12.5. The first-order chi connectivity index (χ1) is 10.1. The molecule has 0 fully saturated rings. The van der Waals surface area contributed by atoms with Crippen LogP contribution in [0, 0.1) is 12.3 Å². The number of nitrogens with two attached hydrogens (primary N) is 1. The van der Waals surface area contributed by atoms with Crippen molar-refractivity contribution >= 4 is 33.1 Å². The maximum absolute atomic E-state index is 7.84. The van der Waals surface area contributed by atoms with Crippen LogP contribution in [0.4, 0.5) is 11.4 Å². The summed E-state index contributed by atoms with van der Waals surface area (Å²) >= 11 is 3.46. The molecule has 0 amide bonds. The highest BCUT2D eigenvalue weighted by Crippen LogP contribution is 2.36. The maximum Gasteiger partial charge on any atom is 0.124 e. The number of nitrogens with one attached hydrogen (secondary N) is 1. The SMILES string of the molecule is Cc1ccc2c(c1)CCCN2c1ccc(Br)cc1C(=N)N. The first-order valence-corrected chi connectivity index (χ1v) is 7.86. The lowest BCUT2D eigenvalue weighted by atomic mass is 9.98. The van der Waals surface area contributed by atoms with Crippen LogP contribution in [0.2, 0.25) is 0 Å². The fraction of sp³-hybridized carbons (Fsp3) is 0.235. The Hall–Kier alpha value is -1.81. The van der Waals surface area contributed by atoms with Crippen LogP contribution in [0.5, 0.6) is 0 Å². The molecular weight excluding hydrogens is 326 g/mol. The predicted octanol–water partition coefficient (Wildman–Crippen LogP) is 4.13. The molecule has 21 heavy (non-hydrogen) atoms. The maximum atomic E-state index is 7.84. The second kappa shape index (κ2) is 5.53. The molecule has 0 atom stereocenters. The highest BCUT2D eigenvalue weighted by atomic mass is 79.9. The van der Waals surface area contributed by atoms with Gasteiger partial charge >= 0.3 is 0 Å². The lowest BCUT2D eigenvalue weighted by Crippen LogP contribution is -2.27. The van der Waals surface area contributed by atoms with E-state index in [0.717, 1.165) is 35.1 Å². The van der Waals surface area contributed by atoms with Crippen molar-refractivity contribution in [1.29, 1.82) is 5.41 Å². The van der Waals surface area contributed by atoms with E-state index < -0.39 is 0 Å². The van der Waals surface area contributed by atoms with Crippen LogP contribution in [0.1, 0.15) is 23.1 Å². The van der Waals surface area contributed by atoms with Gasteiger partial charge in [-0.15, -0.1) is 0 Å². The molecule has 0 bridgehead atoms. The number of halogens is 1. The molecule has 1 heterocycles.